The van der Waals surface area contributed by atoms with Crippen LogP contribution in [0.1, 0.15) is 23.8 Å². The van der Waals surface area contributed by atoms with Gasteiger partial charge in [0.1, 0.15) is 11.5 Å². The number of rotatable bonds is 9. The molecule has 164 valence electrons. The highest BCUT2D eigenvalue weighted by atomic mass is 16.5. The molecule has 0 spiro atoms. The molecule has 2 aromatic heterocycles. The summed E-state index contributed by atoms with van der Waals surface area (Å²) in [6.07, 6.45) is 10.2. The van der Waals surface area contributed by atoms with Crippen LogP contribution >= 0.6 is 0 Å². The number of carbonyl (C=O) groups is 2. The van der Waals surface area contributed by atoms with Crippen molar-refractivity contribution in [2.24, 2.45) is 0 Å². The number of imidazole rings is 1. The lowest BCUT2D eigenvalue weighted by molar-refractivity contribution is -0.129. The number of nitrogens with zero attached hydrogens (tertiary/aromatic N) is 3. The Morgan fingerprint density at radius 2 is 2.16 bits per heavy atom. The lowest BCUT2D eigenvalue weighted by Crippen LogP contribution is -2.32. The van der Waals surface area contributed by atoms with Crippen molar-refractivity contribution in [2.75, 3.05) is 13.7 Å². The number of aryl methyl sites for hydroxylation is 1. The van der Waals surface area contributed by atoms with Gasteiger partial charge in [0.25, 0.3) is 5.91 Å². The number of aromatic nitrogens is 2. The number of methoxy groups -OCH3 is 1. The van der Waals surface area contributed by atoms with Gasteiger partial charge in [-0.25, -0.2) is 4.98 Å². The minimum Gasteiger partial charge on any atom is -0.503 e. The van der Waals surface area contributed by atoms with Crippen LogP contribution in [-0.4, -0.2) is 44.9 Å². The SMILES string of the molecule is COc1cccc(C2C(C(=O)C=Cc3ccco3)=C(O)C(=O)N2CCCn2ccnc2)c1. The van der Waals surface area contributed by atoms with Crippen LogP contribution in [0.2, 0.25) is 0 Å². The Labute approximate surface area is 185 Å². The zero-order valence-corrected chi connectivity index (χ0v) is 17.5. The predicted octanol–water partition coefficient (Wildman–Crippen LogP) is 3.55. The molecule has 3 aromatic rings. The van der Waals surface area contributed by atoms with Crippen LogP contribution in [0.5, 0.6) is 5.75 Å². The molecule has 0 radical (unpaired) electrons. The summed E-state index contributed by atoms with van der Waals surface area (Å²) in [6, 6.07) is 9.84. The molecule has 1 aliphatic rings. The van der Waals surface area contributed by atoms with Crippen molar-refractivity contribution in [2.45, 2.75) is 19.0 Å². The van der Waals surface area contributed by atoms with Gasteiger partial charge in [-0.15, -0.1) is 0 Å². The number of aliphatic hydroxyl groups is 1. The number of ether oxygens (including phenoxy) is 1. The largest absolute Gasteiger partial charge is 0.503 e. The van der Waals surface area contributed by atoms with E-state index in [1.807, 2.05) is 16.8 Å². The maximum atomic E-state index is 13.1. The normalized spacial score (nSPS) is 16.3. The average Bonchev–Trinajstić information content (AvgIpc) is 3.56. The maximum absolute atomic E-state index is 13.1. The maximum Gasteiger partial charge on any atom is 0.290 e. The molecule has 8 heteroatoms. The number of aliphatic hydroxyl groups excluding tert-OH is 1. The van der Waals surface area contributed by atoms with Crippen LogP contribution in [0.3, 0.4) is 0 Å². The number of amides is 1. The Bertz CT molecular complexity index is 1150. The summed E-state index contributed by atoms with van der Waals surface area (Å²) in [4.78, 5) is 31.6. The monoisotopic (exact) mass is 433 g/mol. The van der Waals surface area contributed by atoms with Gasteiger partial charge in [-0.1, -0.05) is 12.1 Å². The quantitative estimate of drug-likeness (QED) is 0.518. The smallest absolute Gasteiger partial charge is 0.290 e. The molecule has 1 amide bonds. The van der Waals surface area contributed by atoms with E-state index in [1.165, 1.54) is 23.3 Å². The van der Waals surface area contributed by atoms with Crippen molar-refractivity contribution >= 4 is 17.8 Å². The van der Waals surface area contributed by atoms with Gasteiger partial charge in [0.15, 0.2) is 11.5 Å². The van der Waals surface area contributed by atoms with Crippen LogP contribution in [0.4, 0.5) is 0 Å². The van der Waals surface area contributed by atoms with Crippen molar-refractivity contribution in [3.05, 3.63) is 90.1 Å². The fraction of sp³-hybridized carbons (Fsp3) is 0.208. The van der Waals surface area contributed by atoms with Crippen LogP contribution in [0, 0.1) is 0 Å². The number of benzene rings is 1. The molecule has 0 bridgehead atoms. The minimum atomic E-state index is -0.728. The first-order valence-electron chi connectivity index (χ1n) is 10.2. The number of ketones is 1. The van der Waals surface area contributed by atoms with E-state index in [0.29, 0.717) is 36.6 Å². The molecule has 3 heterocycles. The second kappa shape index (κ2) is 9.38. The van der Waals surface area contributed by atoms with E-state index in [-0.39, 0.29) is 5.57 Å². The van der Waals surface area contributed by atoms with Crippen molar-refractivity contribution in [1.82, 2.24) is 14.5 Å². The summed E-state index contributed by atoms with van der Waals surface area (Å²) in [5.41, 5.74) is 0.716. The van der Waals surface area contributed by atoms with E-state index in [0.717, 1.165) is 0 Å². The average molecular weight is 433 g/mol. The van der Waals surface area contributed by atoms with Gasteiger partial charge in [-0.05, 0) is 48.4 Å². The Kier molecular flexibility index (Phi) is 6.21. The van der Waals surface area contributed by atoms with Crippen molar-refractivity contribution < 1.29 is 23.8 Å². The second-order valence-electron chi connectivity index (χ2n) is 7.31. The third kappa shape index (κ3) is 4.34. The lowest BCUT2D eigenvalue weighted by atomic mass is 9.95. The Morgan fingerprint density at radius 3 is 2.88 bits per heavy atom. The third-order valence-electron chi connectivity index (χ3n) is 5.30. The number of allylic oxidation sites excluding steroid dienone is 1. The fourth-order valence-corrected chi connectivity index (χ4v) is 3.77. The predicted molar refractivity (Wildman–Crippen MR) is 117 cm³/mol. The highest BCUT2D eigenvalue weighted by molar-refractivity contribution is 6.14. The van der Waals surface area contributed by atoms with Gasteiger partial charge in [0.05, 0.1) is 31.3 Å². The summed E-state index contributed by atoms with van der Waals surface area (Å²) in [5.74, 6) is -0.472. The molecular formula is C24H23N3O5. The molecule has 1 unspecified atom stereocenters. The highest BCUT2D eigenvalue weighted by Crippen LogP contribution is 2.39. The molecule has 0 aliphatic carbocycles. The van der Waals surface area contributed by atoms with Gasteiger partial charge >= 0.3 is 0 Å². The van der Waals surface area contributed by atoms with E-state index in [9.17, 15) is 14.7 Å². The molecule has 1 N–H and O–H groups in total. The standard InChI is InChI=1S/C24H23N3O5/c1-31-19-6-2-5-17(15-19)22-21(20(28)9-8-18-7-3-14-32-18)23(29)24(30)27(22)12-4-11-26-13-10-25-16-26/h2-3,5-10,13-16,22,29H,4,11-12H2,1H3. The molecule has 0 fully saturated rings. The Hall–Kier alpha value is -4.07. The van der Waals surface area contributed by atoms with E-state index >= 15 is 0 Å². The van der Waals surface area contributed by atoms with Gasteiger partial charge < -0.3 is 23.7 Å². The van der Waals surface area contributed by atoms with Gasteiger partial charge in [-0.2, -0.15) is 0 Å². The minimum absolute atomic E-state index is 0.0358. The van der Waals surface area contributed by atoms with Gasteiger partial charge in [-0.3, -0.25) is 9.59 Å². The van der Waals surface area contributed by atoms with Crippen molar-refractivity contribution in [3.63, 3.8) is 0 Å². The zero-order valence-electron chi connectivity index (χ0n) is 17.5. The molecular weight excluding hydrogens is 410 g/mol. The number of hydrogen-bond acceptors (Lipinski definition) is 6. The summed E-state index contributed by atoms with van der Waals surface area (Å²) in [6.45, 7) is 0.999. The zero-order chi connectivity index (χ0) is 22.5. The van der Waals surface area contributed by atoms with E-state index in [4.69, 9.17) is 9.15 Å². The summed E-state index contributed by atoms with van der Waals surface area (Å²) in [7, 11) is 1.55. The summed E-state index contributed by atoms with van der Waals surface area (Å²) >= 11 is 0. The third-order valence-corrected chi connectivity index (χ3v) is 5.30. The van der Waals surface area contributed by atoms with Crippen molar-refractivity contribution in [1.29, 1.82) is 0 Å². The Balaban J connectivity index is 1.64. The molecule has 4 rings (SSSR count). The number of hydrogen-bond donors (Lipinski definition) is 1. The van der Waals surface area contributed by atoms with Gasteiger partial charge in [0.2, 0.25) is 0 Å². The summed E-state index contributed by atoms with van der Waals surface area (Å²) < 4.78 is 12.5. The lowest BCUT2D eigenvalue weighted by Gasteiger charge is -2.27. The second-order valence-corrected chi connectivity index (χ2v) is 7.31. The first-order chi connectivity index (χ1) is 15.6. The molecule has 1 aliphatic heterocycles. The van der Waals surface area contributed by atoms with Crippen LogP contribution in [0.15, 0.2) is 83.2 Å². The highest BCUT2D eigenvalue weighted by Gasteiger charge is 2.42. The van der Waals surface area contributed by atoms with E-state index < -0.39 is 23.5 Å². The summed E-state index contributed by atoms with van der Waals surface area (Å²) in [5, 5.41) is 10.7. The molecule has 8 nitrogen and oxygen atoms in total. The molecule has 0 saturated heterocycles. The molecule has 1 atom stereocenters. The van der Waals surface area contributed by atoms with Crippen LogP contribution < -0.4 is 4.74 Å². The molecule has 32 heavy (non-hydrogen) atoms. The van der Waals surface area contributed by atoms with Crippen molar-refractivity contribution in [3.8, 4) is 5.75 Å². The van der Waals surface area contributed by atoms with E-state index in [2.05, 4.69) is 4.98 Å². The molecule has 1 aromatic carbocycles. The van der Waals surface area contributed by atoms with E-state index in [1.54, 1.807) is 50.0 Å². The topological polar surface area (TPSA) is 97.8 Å². The number of carbonyl (C=O) groups excluding carboxylic acids is 2. The number of furan rings is 1. The molecule has 0 saturated carbocycles. The van der Waals surface area contributed by atoms with Gasteiger partial charge in [0, 0.05) is 25.5 Å². The first-order valence-corrected chi connectivity index (χ1v) is 10.2. The fourth-order valence-electron chi connectivity index (χ4n) is 3.77. The van der Waals surface area contributed by atoms with Crippen LogP contribution in [0.25, 0.3) is 6.08 Å². The Morgan fingerprint density at radius 1 is 1.28 bits per heavy atom. The first kappa shape index (κ1) is 21.2. The van der Waals surface area contributed by atoms with Crippen LogP contribution in [-0.2, 0) is 16.1 Å².